The van der Waals surface area contributed by atoms with Gasteiger partial charge < -0.3 is 5.73 Å². The molecule has 66 valence electrons. The third-order valence-electron chi connectivity index (χ3n) is 1.90. The van der Waals surface area contributed by atoms with E-state index in [-0.39, 0.29) is 6.04 Å². The van der Waals surface area contributed by atoms with Gasteiger partial charge in [0.2, 0.25) is 0 Å². The topological polar surface area (TPSA) is 26.0 Å². The molecule has 2 unspecified atom stereocenters. The van der Waals surface area contributed by atoms with Crippen molar-refractivity contribution in [1.29, 1.82) is 0 Å². The Morgan fingerprint density at radius 1 is 1.25 bits per heavy atom. The molecule has 0 fully saturated rings. The predicted molar refractivity (Wildman–Crippen MR) is 48.6 cm³/mol. The first-order valence-electron chi connectivity index (χ1n) is 4.10. The molecular formula is C10H14FN. The molecule has 0 spiro atoms. The summed E-state index contributed by atoms with van der Waals surface area (Å²) < 4.78 is 12.8. The standard InChI is InChI=1S/C10H14FN/c1-7(11)9-4-3-5-10(6-9)8(2)12/h3-8H,12H2,1-2H3. The van der Waals surface area contributed by atoms with Gasteiger partial charge in [0.1, 0.15) is 6.17 Å². The van der Waals surface area contributed by atoms with Gasteiger partial charge in [0.25, 0.3) is 0 Å². The maximum absolute atomic E-state index is 12.8. The van der Waals surface area contributed by atoms with Crippen LogP contribution in [-0.4, -0.2) is 0 Å². The number of alkyl halides is 1. The Kier molecular flexibility index (Phi) is 2.82. The van der Waals surface area contributed by atoms with E-state index in [2.05, 4.69) is 0 Å². The Morgan fingerprint density at radius 3 is 2.33 bits per heavy atom. The lowest BCUT2D eigenvalue weighted by Crippen LogP contribution is -2.05. The molecule has 0 radical (unpaired) electrons. The van der Waals surface area contributed by atoms with Crippen molar-refractivity contribution < 1.29 is 4.39 Å². The summed E-state index contributed by atoms with van der Waals surface area (Å²) in [4.78, 5) is 0. The summed E-state index contributed by atoms with van der Waals surface area (Å²) in [6.07, 6.45) is -0.913. The first-order chi connectivity index (χ1) is 5.61. The quantitative estimate of drug-likeness (QED) is 0.720. The summed E-state index contributed by atoms with van der Waals surface area (Å²) in [7, 11) is 0. The molecule has 0 heterocycles. The Bertz CT molecular complexity index is 233. The molecule has 0 aromatic heterocycles. The molecule has 0 bridgehead atoms. The van der Waals surface area contributed by atoms with Gasteiger partial charge in [0, 0.05) is 6.04 Å². The van der Waals surface area contributed by atoms with Gasteiger partial charge in [-0.25, -0.2) is 4.39 Å². The highest BCUT2D eigenvalue weighted by molar-refractivity contribution is 5.26. The fraction of sp³-hybridized carbons (Fsp3) is 0.400. The number of hydrogen-bond donors (Lipinski definition) is 1. The SMILES string of the molecule is CC(N)c1cccc(C(C)F)c1. The van der Waals surface area contributed by atoms with Crippen LogP contribution in [0.5, 0.6) is 0 Å². The number of halogens is 1. The van der Waals surface area contributed by atoms with Crippen molar-refractivity contribution >= 4 is 0 Å². The molecular weight excluding hydrogens is 153 g/mol. The molecule has 2 atom stereocenters. The normalized spacial score (nSPS) is 15.7. The third-order valence-corrected chi connectivity index (χ3v) is 1.90. The minimum absolute atomic E-state index is 0.0244. The molecule has 0 aliphatic rings. The molecule has 2 N–H and O–H groups in total. The fourth-order valence-corrected chi connectivity index (χ4v) is 1.09. The molecule has 0 saturated carbocycles. The second-order valence-electron chi connectivity index (χ2n) is 3.07. The lowest BCUT2D eigenvalue weighted by atomic mass is 10.0. The van der Waals surface area contributed by atoms with E-state index in [0.717, 1.165) is 5.56 Å². The second-order valence-corrected chi connectivity index (χ2v) is 3.07. The zero-order valence-corrected chi connectivity index (χ0v) is 7.42. The van der Waals surface area contributed by atoms with Gasteiger partial charge in [-0.1, -0.05) is 24.3 Å². The number of rotatable bonds is 2. The maximum atomic E-state index is 12.8. The van der Waals surface area contributed by atoms with Gasteiger partial charge in [-0.05, 0) is 25.0 Å². The zero-order chi connectivity index (χ0) is 9.14. The summed E-state index contributed by atoms with van der Waals surface area (Å²) in [6, 6.07) is 7.32. The van der Waals surface area contributed by atoms with Crippen molar-refractivity contribution in [2.24, 2.45) is 5.73 Å². The van der Waals surface area contributed by atoms with Crippen LogP contribution >= 0.6 is 0 Å². The second kappa shape index (κ2) is 3.68. The van der Waals surface area contributed by atoms with Crippen molar-refractivity contribution in [3.05, 3.63) is 35.4 Å². The lowest BCUT2D eigenvalue weighted by Gasteiger charge is -2.08. The summed E-state index contributed by atoms with van der Waals surface area (Å²) in [5.41, 5.74) is 7.34. The highest BCUT2D eigenvalue weighted by atomic mass is 19.1. The highest BCUT2D eigenvalue weighted by Crippen LogP contribution is 2.19. The van der Waals surface area contributed by atoms with Crippen LogP contribution in [0, 0.1) is 0 Å². The van der Waals surface area contributed by atoms with Gasteiger partial charge in [-0.2, -0.15) is 0 Å². The third kappa shape index (κ3) is 2.05. The molecule has 1 nitrogen and oxygen atoms in total. The molecule has 0 aliphatic carbocycles. The van der Waals surface area contributed by atoms with Crippen LogP contribution < -0.4 is 5.73 Å². The van der Waals surface area contributed by atoms with Crippen LogP contribution in [0.4, 0.5) is 4.39 Å². The maximum Gasteiger partial charge on any atom is 0.122 e. The fourth-order valence-electron chi connectivity index (χ4n) is 1.09. The van der Waals surface area contributed by atoms with Gasteiger partial charge >= 0.3 is 0 Å². The molecule has 0 saturated heterocycles. The molecule has 1 aromatic carbocycles. The summed E-state index contributed by atoms with van der Waals surface area (Å²) in [5.74, 6) is 0. The molecule has 12 heavy (non-hydrogen) atoms. The van der Waals surface area contributed by atoms with Crippen LogP contribution in [0.15, 0.2) is 24.3 Å². The van der Waals surface area contributed by atoms with Crippen molar-refractivity contribution in [2.45, 2.75) is 26.1 Å². The number of benzene rings is 1. The van der Waals surface area contributed by atoms with Gasteiger partial charge in [0.15, 0.2) is 0 Å². The Hall–Kier alpha value is -0.890. The average molecular weight is 167 g/mol. The van der Waals surface area contributed by atoms with E-state index < -0.39 is 6.17 Å². The van der Waals surface area contributed by atoms with E-state index in [9.17, 15) is 4.39 Å². The zero-order valence-electron chi connectivity index (χ0n) is 7.42. The summed E-state index contributed by atoms with van der Waals surface area (Å²) >= 11 is 0. The molecule has 2 heteroatoms. The predicted octanol–water partition coefficient (Wildman–Crippen LogP) is 2.74. The number of hydrogen-bond acceptors (Lipinski definition) is 1. The van der Waals surface area contributed by atoms with Crippen LogP contribution in [-0.2, 0) is 0 Å². The van der Waals surface area contributed by atoms with Gasteiger partial charge in [-0.15, -0.1) is 0 Å². The lowest BCUT2D eigenvalue weighted by molar-refractivity contribution is 0.374. The highest BCUT2D eigenvalue weighted by Gasteiger charge is 2.04. The molecule has 1 rings (SSSR count). The Labute approximate surface area is 72.4 Å². The van der Waals surface area contributed by atoms with E-state index in [1.165, 1.54) is 6.92 Å². The van der Waals surface area contributed by atoms with E-state index in [1.807, 2.05) is 25.1 Å². The van der Waals surface area contributed by atoms with E-state index in [0.29, 0.717) is 5.56 Å². The van der Waals surface area contributed by atoms with Crippen molar-refractivity contribution in [3.8, 4) is 0 Å². The molecule has 0 amide bonds. The van der Waals surface area contributed by atoms with Crippen LogP contribution in [0.25, 0.3) is 0 Å². The van der Waals surface area contributed by atoms with Crippen LogP contribution in [0.3, 0.4) is 0 Å². The van der Waals surface area contributed by atoms with Crippen molar-refractivity contribution in [3.63, 3.8) is 0 Å². The first kappa shape index (κ1) is 9.20. The minimum Gasteiger partial charge on any atom is -0.324 e. The van der Waals surface area contributed by atoms with Crippen molar-refractivity contribution in [1.82, 2.24) is 0 Å². The minimum atomic E-state index is -0.913. The van der Waals surface area contributed by atoms with E-state index in [4.69, 9.17) is 5.73 Å². The monoisotopic (exact) mass is 167 g/mol. The van der Waals surface area contributed by atoms with Gasteiger partial charge in [-0.3, -0.25) is 0 Å². The van der Waals surface area contributed by atoms with Crippen LogP contribution in [0.1, 0.15) is 37.2 Å². The van der Waals surface area contributed by atoms with E-state index in [1.54, 1.807) is 6.07 Å². The average Bonchev–Trinajstić information content (AvgIpc) is 2.04. The van der Waals surface area contributed by atoms with Crippen molar-refractivity contribution in [2.75, 3.05) is 0 Å². The smallest absolute Gasteiger partial charge is 0.122 e. The summed E-state index contributed by atoms with van der Waals surface area (Å²) in [6.45, 7) is 3.42. The first-order valence-corrected chi connectivity index (χ1v) is 4.10. The largest absolute Gasteiger partial charge is 0.324 e. The van der Waals surface area contributed by atoms with E-state index >= 15 is 0 Å². The molecule has 0 aliphatic heterocycles. The molecule has 1 aromatic rings. The number of nitrogens with two attached hydrogens (primary N) is 1. The Balaban J connectivity index is 2.96. The summed E-state index contributed by atoms with van der Waals surface area (Å²) in [5, 5.41) is 0. The Morgan fingerprint density at radius 2 is 1.83 bits per heavy atom. The van der Waals surface area contributed by atoms with Crippen LogP contribution in [0.2, 0.25) is 0 Å². The van der Waals surface area contributed by atoms with Gasteiger partial charge in [0.05, 0.1) is 0 Å².